The molecule has 0 aliphatic carbocycles. The van der Waals surface area contributed by atoms with Gasteiger partial charge in [0.15, 0.2) is 5.82 Å². The lowest BCUT2D eigenvalue weighted by atomic mass is 10.3. The SMILES string of the molecule is CCNc1ccccc1S(=O)(=O)NCc1nc(C)no1. The van der Waals surface area contributed by atoms with E-state index in [0.29, 0.717) is 18.1 Å². The fourth-order valence-electron chi connectivity index (χ4n) is 1.68. The molecule has 1 aromatic carbocycles. The number of hydrogen-bond acceptors (Lipinski definition) is 6. The molecule has 0 aliphatic heterocycles. The zero-order valence-electron chi connectivity index (χ0n) is 11.3. The smallest absolute Gasteiger partial charge is 0.243 e. The summed E-state index contributed by atoms with van der Waals surface area (Å²) in [7, 11) is -3.64. The number of anilines is 1. The third-order valence-electron chi connectivity index (χ3n) is 2.53. The van der Waals surface area contributed by atoms with Crippen LogP contribution < -0.4 is 10.0 Å². The van der Waals surface area contributed by atoms with E-state index in [1.165, 1.54) is 0 Å². The lowest BCUT2D eigenvalue weighted by Gasteiger charge is -2.11. The highest BCUT2D eigenvalue weighted by atomic mass is 32.2. The zero-order valence-corrected chi connectivity index (χ0v) is 12.1. The van der Waals surface area contributed by atoms with Crippen LogP contribution in [0.1, 0.15) is 18.6 Å². The summed E-state index contributed by atoms with van der Waals surface area (Å²) in [5, 5.41) is 6.62. The number of rotatable bonds is 6. The molecule has 7 nitrogen and oxygen atoms in total. The Hall–Kier alpha value is -1.93. The number of nitrogens with zero attached hydrogens (tertiary/aromatic N) is 2. The summed E-state index contributed by atoms with van der Waals surface area (Å²) in [5.74, 6) is 0.694. The zero-order chi connectivity index (χ0) is 14.6. The average molecular weight is 296 g/mol. The van der Waals surface area contributed by atoms with Crippen molar-refractivity contribution in [3.8, 4) is 0 Å². The van der Waals surface area contributed by atoms with Crippen molar-refractivity contribution >= 4 is 15.7 Å². The standard InChI is InChI=1S/C12H16N4O3S/c1-3-13-10-6-4-5-7-11(10)20(17,18)14-8-12-15-9(2)16-19-12/h4-7,13-14H,3,8H2,1-2H3. The number of aryl methyl sites for hydroxylation is 1. The van der Waals surface area contributed by atoms with Gasteiger partial charge in [0.1, 0.15) is 4.90 Å². The topological polar surface area (TPSA) is 97.1 Å². The predicted molar refractivity (Wildman–Crippen MR) is 73.7 cm³/mol. The molecule has 0 radical (unpaired) electrons. The van der Waals surface area contributed by atoms with E-state index in [1.54, 1.807) is 31.2 Å². The number of nitrogens with one attached hydrogen (secondary N) is 2. The van der Waals surface area contributed by atoms with Gasteiger partial charge in [-0.15, -0.1) is 0 Å². The van der Waals surface area contributed by atoms with E-state index in [0.717, 1.165) is 0 Å². The van der Waals surface area contributed by atoms with Crippen LogP contribution in [0.2, 0.25) is 0 Å². The third-order valence-corrected chi connectivity index (χ3v) is 3.99. The van der Waals surface area contributed by atoms with Crippen LogP contribution in [0.3, 0.4) is 0 Å². The van der Waals surface area contributed by atoms with Crippen molar-refractivity contribution in [2.45, 2.75) is 25.3 Å². The quantitative estimate of drug-likeness (QED) is 0.833. The van der Waals surface area contributed by atoms with Crippen LogP contribution in [0.15, 0.2) is 33.7 Å². The maximum Gasteiger partial charge on any atom is 0.243 e. The lowest BCUT2D eigenvalue weighted by Crippen LogP contribution is -2.24. The minimum Gasteiger partial charge on any atom is -0.384 e. The molecule has 20 heavy (non-hydrogen) atoms. The van der Waals surface area contributed by atoms with E-state index in [1.807, 2.05) is 6.92 Å². The number of benzene rings is 1. The monoisotopic (exact) mass is 296 g/mol. The van der Waals surface area contributed by atoms with Gasteiger partial charge in [0, 0.05) is 6.54 Å². The Morgan fingerprint density at radius 3 is 2.70 bits per heavy atom. The van der Waals surface area contributed by atoms with Gasteiger partial charge in [-0.05, 0) is 26.0 Å². The Morgan fingerprint density at radius 2 is 2.05 bits per heavy atom. The first kappa shape index (κ1) is 14.5. The number of sulfonamides is 1. The summed E-state index contributed by atoms with van der Waals surface area (Å²) in [6.07, 6.45) is 0. The number of aromatic nitrogens is 2. The van der Waals surface area contributed by atoms with Gasteiger partial charge in [0.05, 0.1) is 12.2 Å². The molecule has 2 N–H and O–H groups in total. The number of hydrogen-bond donors (Lipinski definition) is 2. The van der Waals surface area contributed by atoms with Crippen LogP contribution >= 0.6 is 0 Å². The van der Waals surface area contributed by atoms with Crippen molar-refractivity contribution in [1.82, 2.24) is 14.9 Å². The van der Waals surface area contributed by atoms with E-state index in [9.17, 15) is 8.42 Å². The van der Waals surface area contributed by atoms with Crippen molar-refractivity contribution in [3.63, 3.8) is 0 Å². The fourth-order valence-corrected chi connectivity index (χ4v) is 2.84. The second-order valence-electron chi connectivity index (χ2n) is 4.09. The molecule has 1 heterocycles. The Kier molecular flexibility index (Phi) is 4.35. The molecule has 2 aromatic rings. The van der Waals surface area contributed by atoms with Crippen molar-refractivity contribution in [3.05, 3.63) is 36.0 Å². The second kappa shape index (κ2) is 6.02. The Labute approximate surface area is 117 Å². The van der Waals surface area contributed by atoms with Gasteiger partial charge < -0.3 is 9.84 Å². The maximum absolute atomic E-state index is 12.3. The molecule has 0 saturated heterocycles. The maximum atomic E-state index is 12.3. The van der Waals surface area contributed by atoms with E-state index < -0.39 is 10.0 Å². The molecule has 1 aromatic heterocycles. The Balaban J connectivity index is 2.18. The first-order valence-corrected chi connectivity index (χ1v) is 7.63. The first-order chi connectivity index (χ1) is 9.53. The van der Waals surface area contributed by atoms with Crippen LogP contribution in [-0.2, 0) is 16.6 Å². The molecule has 108 valence electrons. The highest BCUT2D eigenvalue weighted by molar-refractivity contribution is 7.89. The van der Waals surface area contributed by atoms with Crippen LogP contribution in [-0.4, -0.2) is 25.1 Å². The van der Waals surface area contributed by atoms with Crippen molar-refractivity contribution in [2.75, 3.05) is 11.9 Å². The normalized spacial score (nSPS) is 11.5. The minimum absolute atomic E-state index is 0.0381. The van der Waals surface area contributed by atoms with Crippen LogP contribution in [0.4, 0.5) is 5.69 Å². The molecular formula is C12H16N4O3S. The third kappa shape index (κ3) is 3.34. The van der Waals surface area contributed by atoms with Gasteiger partial charge in [-0.25, -0.2) is 13.1 Å². The second-order valence-corrected chi connectivity index (χ2v) is 5.82. The molecule has 0 amide bonds. The highest BCUT2D eigenvalue weighted by Crippen LogP contribution is 2.20. The molecule has 0 aliphatic rings. The van der Waals surface area contributed by atoms with Crippen LogP contribution in [0, 0.1) is 6.92 Å². The van der Waals surface area contributed by atoms with E-state index in [-0.39, 0.29) is 17.3 Å². The molecule has 0 fully saturated rings. The predicted octanol–water partition coefficient (Wildman–Crippen LogP) is 1.29. The average Bonchev–Trinajstić information content (AvgIpc) is 2.83. The number of para-hydroxylation sites is 1. The summed E-state index contributed by atoms with van der Waals surface area (Å²) < 4.78 is 31.8. The molecule has 0 unspecified atom stereocenters. The molecule has 0 spiro atoms. The summed E-state index contributed by atoms with van der Waals surface area (Å²) in [5.41, 5.74) is 0.559. The fraction of sp³-hybridized carbons (Fsp3) is 0.333. The molecule has 0 saturated carbocycles. The lowest BCUT2D eigenvalue weighted by molar-refractivity contribution is 0.372. The largest absolute Gasteiger partial charge is 0.384 e. The Bertz CT molecular complexity index is 682. The van der Waals surface area contributed by atoms with E-state index >= 15 is 0 Å². The van der Waals surface area contributed by atoms with Gasteiger partial charge in [-0.2, -0.15) is 4.98 Å². The molecule has 2 rings (SSSR count). The molecule has 8 heteroatoms. The van der Waals surface area contributed by atoms with Gasteiger partial charge in [0.2, 0.25) is 15.9 Å². The first-order valence-electron chi connectivity index (χ1n) is 6.14. The summed E-state index contributed by atoms with van der Waals surface area (Å²) in [6.45, 7) is 4.17. The molecule has 0 atom stereocenters. The van der Waals surface area contributed by atoms with Gasteiger partial charge in [-0.1, -0.05) is 17.3 Å². The summed E-state index contributed by atoms with van der Waals surface area (Å²) in [4.78, 5) is 4.14. The van der Waals surface area contributed by atoms with E-state index in [2.05, 4.69) is 20.2 Å². The van der Waals surface area contributed by atoms with Crippen molar-refractivity contribution in [2.24, 2.45) is 0 Å². The minimum atomic E-state index is -3.64. The van der Waals surface area contributed by atoms with E-state index in [4.69, 9.17) is 4.52 Å². The Morgan fingerprint density at radius 1 is 1.30 bits per heavy atom. The van der Waals surface area contributed by atoms with Gasteiger partial charge in [-0.3, -0.25) is 0 Å². The van der Waals surface area contributed by atoms with Gasteiger partial charge in [0.25, 0.3) is 0 Å². The summed E-state index contributed by atoms with van der Waals surface area (Å²) >= 11 is 0. The summed E-state index contributed by atoms with van der Waals surface area (Å²) in [6, 6.07) is 6.71. The van der Waals surface area contributed by atoms with Crippen LogP contribution in [0.5, 0.6) is 0 Å². The van der Waals surface area contributed by atoms with Gasteiger partial charge >= 0.3 is 0 Å². The molecule has 0 bridgehead atoms. The van der Waals surface area contributed by atoms with Crippen molar-refractivity contribution in [1.29, 1.82) is 0 Å². The molecular weight excluding hydrogens is 280 g/mol. The highest BCUT2D eigenvalue weighted by Gasteiger charge is 2.18. The van der Waals surface area contributed by atoms with Crippen molar-refractivity contribution < 1.29 is 12.9 Å². The van der Waals surface area contributed by atoms with Crippen LogP contribution in [0.25, 0.3) is 0 Å².